The Kier molecular flexibility index (Phi) is 10.4. The van der Waals surface area contributed by atoms with Crippen LogP contribution in [-0.2, 0) is 26.2 Å². The maximum absolute atomic E-state index is 14.9. The first-order chi connectivity index (χ1) is 18.4. The van der Waals surface area contributed by atoms with Crippen molar-refractivity contribution in [3.63, 3.8) is 0 Å². The summed E-state index contributed by atoms with van der Waals surface area (Å²) in [6, 6.07) is 16.3. The van der Waals surface area contributed by atoms with Gasteiger partial charge in [-0.25, -0.2) is 12.8 Å². The number of carbonyl (C=O) groups excluding carboxylic acids is 2. The van der Waals surface area contributed by atoms with Crippen LogP contribution in [0.1, 0.15) is 32.8 Å². The zero-order chi connectivity index (χ0) is 28.7. The summed E-state index contributed by atoms with van der Waals surface area (Å²) in [7, 11) is -4.36. The highest BCUT2D eigenvalue weighted by molar-refractivity contribution is 7.92. The molecule has 0 bridgehead atoms. The molecular weight excluding hydrogens is 564 g/mol. The molecule has 3 aromatic rings. The first-order valence-electron chi connectivity index (χ1n) is 12.3. The van der Waals surface area contributed by atoms with Crippen molar-refractivity contribution in [2.75, 3.05) is 10.8 Å². The van der Waals surface area contributed by atoms with Crippen LogP contribution in [0, 0.1) is 5.82 Å². The van der Waals surface area contributed by atoms with Gasteiger partial charge in [-0.15, -0.1) is 0 Å². The number of nitrogens with zero attached hydrogens (tertiary/aromatic N) is 2. The molecule has 7 nitrogen and oxygen atoms in total. The Hall–Kier alpha value is -3.14. The number of sulfonamides is 1. The molecule has 11 heteroatoms. The Balaban J connectivity index is 2.09. The number of rotatable bonds is 11. The molecule has 1 atom stereocenters. The van der Waals surface area contributed by atoms with Crippen LogP contribution < -0.4 is 9.62 Å². The van der Waals surface area contributed by atoms with E-state index >= 15 is 0 Å². The molecule has 0 aliphatic heterocycles. The van der Waals surface area contributed by atoms with Gasteiger partial charge in [0.2, 0.25) is 11.8 Å². The molecule has 3 rings (SSSR count). The molecular formula is C28H30Cl2FN3O4S. The molecule has 208 valence electrons. The SMILES string of the molecule is CCC(C(=O)NC(C)C)N(Cc1ccc(Cl)cc1Cl)C(=O)CN(c1ccccc1F)S(=O)(=O)c1ccccc1. The molecule has 0 heterocycles. The summed E-state index contributed by atoms with van der Waals surface area (Å²) in [5, 5.41) is 3.48. The van der Waals surface area contributed by atoms with E-state index in [1.165, 1.54) is 53.4 Å². The third-order valence-corrected chi connectivity index (χ3v) is 8.26. The molecule has 0 aromatic heterocycles. The Morgan fingerprint density at radius 1 is 0.974 bits per heavy atom. The Morgan fingerprint density at radius 3 is 2.21 bits per heavy atom. The summed E-state index contributed by atoms with van der Waals surface area (Å²) in [4.78, 5) is 28.2. The van der Waals surface area contributed by atoms with Crippen molar-refractivity contribution in [2.24, 2.45) is 0 Å². The van der Waals surface area contributed by atoms with Crippen LogP contribution in [-0.4, -0.2) is 43.8 Å². The van der Waals surface area contributed by atoms with Gasteiger partial charge >= 0.3 is 0 Å². The number of carbonyl (C=O) groups is 2. The van der Waals surface area contributed by atoms with Gasteiger partial charge in [0.15, 0.2) is 0 Å². The average molecular weight is 595 g/mol. The number of anilines is 1. The van der Waals surface area contributed by atoms with Crippen molar-refractivity contribution in [3.05, 3.63) is 94.2 Å². The van der Waals surface area contributed by atoms with Crippen LogP contribution in [0.4, 0.5) is 10.1 Å². The molecule has 0 spiro atoms. The van der Waals surface area contributed by atoms with Crippen LogP contribution in [0.3, 0.4) is 0 Å². The summed E-state index contributed by atoms with van der Waals surface area (Å²) >= 11 is 12.4. The molecule has 0 fully saturated rings. The number of hydrogen-bond acceptors (Lipinski definition) is 4. The summed E-state index contributed by atoms with van der Waals surface area (Å²) in [6.45, 7) is 4.46. The number of halogens is 3. The molecule has 3 aromatic carbocycles. The van der Waals surface area contributed by atoms with Gasteiger partial charge in [-0.3, -0.25) is 13.9 Å². The molecule has 2 amide bonds. The number of hydrogen-bond donors (Lipinski definition) is 1. The van der Waals surface area contributed by atoms with Gasteiger partial charge in [0, 0.05) is 22.6 Å². The average Bonchev–Trinajstić information content (AvgIpc) is 2.88. The maximum Gasteiger partial charge on any atom is 0.264 e. The third kappa shape index (κ3) is 7.50. The van der Waals surface area contributed by atoms with Crippen molar-refractivity contribution in [1.29, 1.82) is 0 Å². The number of para-hydroxylation sites is 1. The van der Waals surface area contributed by atoms with Crippen LogP contribution >= 0.6 is 23.2 Å². The highest BCUT2D eigenvalue weighted by atomic mass is 35.5. The van der Waals surface area contributed by atoms with Gasteiger partial charge in [-0.1, -0.05) is 66.5 Å². The Labute approximate surface area is 238 Å². The number of benzene rings is 3. The second-order valence-electron chi connectivity index (χ2n) is 9.12. The molecule has 0 radical (unpaired) electrons. The van der Waals surface area contributed by atoms with E-state index in [9.17, 15) is 22.4 Å². The van der Waals surface area contributed by atoms with Gasteiger partial charge in [0.05, 0.1) is 10.6 Å². The Morgan fingerprint density at radius 2 is 1.62 bits per heavy atom. The standard InChI is InChI=1S/C28H30Cl2FN3O4S/c1-4-25(28(36)32-19(2)3)33(17-20-14-15-21(29)16-23(20)30)27(35)18-34(26-13-9-8-12-24(26)31)39(37,38)22-10-6-5-7-11-22/h5-16,19,25H,4,17-18H2,1-3H3,(H,32,36). The minimum Gasteiger partial charge on any atom is -0.352 e. The first-order valence-corrected chi connectivity index (χ1v) is 14.5. The summed E-state index contributed by atoms with van der Waals surface area (Å²) in [5.41, 5.74) is 0.215. The van der Waals surface area contributed by atoms with Crippen LogP contribution in [0.15, 0.2) is 77.7 Å². The number of amides is 2. The zero-order valence-electron chi connectivity index (χ0n) is 21.8. The van der Waals surface area contributed by atoms with E-state index in [-0.39, 0.29) is 34.6 Å². The zero-order valence-corrected chi connectivity index (χ0v) is 24.1. The lowest BCUT2D eigenvalue weighted by molar-refractivity contribution is -0.140. The van der Waals surface area contributed by atoms with Crippen molar-refractivity contribution < 1.29 is 22.4 Å². The molecule has 0 aliphatic carbocycles. The highest BCUT2D eigenvalue weighted by Gasteiger charge is 2.34. The quantitative estimate of drug-likeness (QED) is 0.311. The van der Waals surface area contributed by atoms with Gasteiger partial charge in [0.25, 0.3) is 10.0 Å². The molecule has 0 saturated heterocycles. The van der Waals surface area contributed by atoms with E-state index in [2.05, 4.69) is 5.32 Å². The second kappa shape index (κ2) is 13.3. The summed E-state index contributed by atoms with van der Waals surface area (Å²) in [5.74, 6) is -1.94. The summed E-state index contributed by atoms with van der Waals surface area (Å²) < 4.78 is 43.0. The Bertz CT molecular complexity index is 1420. The van der Waals surface area contributed by atoms with E-state index in [4.69, 9.17) is 23.2 Å². The highest BCUT2D eigenvalue weighted by Crippen LogP contribution is 2.28. The molecule has 39 heavy (non-hydrogen) atoms. The van der Waals surface area contributed by atoms with Crippen LogP contribution in [0.25, 0.3) is 0 Å². The predicted molar refractivity (Wildman–Crippen MR) is 152 cm³/mol. The monoisotopic (exact) mass is 593 g/mol. The minimum absolute atomic E-state index is 0.102. The van der Waals surface area contributed by atoms with E-state index in [0.717, 1.165) is 10.4 Å². The first kappa shape index (κ1) is 30.4. The normalized spacial score (nSPS) is 12.2. The molecule has 1 N–H and O–H groups in total. The second-order valence-corrected chi connectivity index (χ2v) is 11.8. The van der Waals surface area contributed by atoms with Gasteiger partial charge in [-0.2, -0.15) is 0 Å². The smallest absolute Gasteiger partial charge is 0.264 e. The van der Waals surface area contributed by atoms with Gasteiger partial charge in [-0.05, 0) is 62.2 Å². The fourth-order valence-electron chi connectivity index (χ4n) is 4.02. The van der Waals surface area contributed by atoms with Gasteiger partial charge in [0.1, 0.15) is 18.4 Å². The van der Waals surface area contributed by atoms with Crippen molar-refractivity contribution >= 4 is 50.7 Å². The van der Waals surface area contributed by atoms with E-state index in [1.54, 1.807) is 39.0 Å². The van der Waals surface area contributed by atoms with Crippen molar-refractivity contribution in [1.82, 2.24) is 10.2 Å². The lowest BCUT2D eigenvalue weighted by Gasteiger charge is -2.33. The molecule has 1 unspecified atom stereocenters. The third-order valence-electron chi connectivity index (χ3n) is 5.90. The largest absolute Gasteiger partial charge is 0.352 e. The van der Waals surface area contributed by atoms with Crippen molar-refractivity contribution in [2.45, 2.75) is 50.7 Å². The van der Waals surface area contributed by atoms with E-state index in [1.807, 2.05) is 0 Å². The topological polar surface area (TPSA) is 86.8 Å². The minimum atomic E-state index is -4.36. The van der Waals surface area contributed by atoms with E-state index in [0.29, 0.717) is 10.6 Å². The van der Waals surface area contributed by atoms with Crippen molar-refractivity contribution in [3.8, 4) is 0 Å². The van der Waals surface area contributed by atoms with E-state index < -0.39 is 40.2 Å². The van der Waals surface area contributed by atoms with Crippen LogP contribution in [0.5, 0.6) is 0 Å². The van der Waals surface area contributed by atoms with Crippen LogP contribution in [0.2, 0.25) is 10.0 Å². The summed E-state index contributed by atoms with van der Waals surface area (Å²) in [6.07, 6.45) is 0.237. The predicted octanol–water partition coefficient (Wildman–Crippen LogP) is 5.66. The lowest BCUT2D eigenvalue weighted by atomic mass is 10.1. The molecule has 0 saturated carbocycles. The maximum atomic E-state index is 14.9. The van der Waals surface area contributed by atoms with Gasteiger partial charge < -0.3 is 10.2 Å². The number of nitrogens with one attached hydrogen (secondary N) is 1. The fourth-order valence-corrected chi connectivity index (χ4v) is 5.93. The lowest BCUT2D eigenvalue weighted by Crippen LogP contribution is -2.53. The fraction of sp³-hybridized carbons (Fsp3) is 0.286. The molecule has 0 aliphatic rings.